The van der Waals surface area contributed by atoms with E-state index in [1.54, 1.807) is 6.07 Å². The summed E-state index contributed by atoms with van der Waals surface area (Å²) >= 11 is 3.49. The number of aryl methyl sites for hydroxylation is 2. The van der Waals surface area contributed by atoms with E-state index in [4.69, 9.17) is 0 Å². The lowest BCUT2D eigenvalue weighted by Crippen LogP contribution is -2.23. The van der Waals surface area contributed by atoms with E-state index in [1.807, 2.05) is 50.2 Å². The minimum Gasteiger partial charge on any atom is -0.545 e. The van der Waals surface area contributed by atoms with Crippen LogP contribution in [0.2, 0.25) is 0 Å². The molecule has 110 valence electrons. The highest BCUT2D eigenvalue weighted by atomic mass is 79.9. The zero-order chi connectivity index (χ0) is 15.9. The van der Waals surface area contributed by atoms with Gasteiger partial charge in [-0.15, -0.1) is 0 Å². The number of rotatable bonds is 2. The highest BCUT2D eigenvalue weighted by Crippen LogP contribution is 2.31. The first-order chi connectivity index (χ1) is 10.5. The Kier molecular flexibility index (Phi) is 3.71. The van der Waals surface area contributed by atoms with Crippen LogP contribution in [0.1, 0.15) is 21.5 Å². The van der Waals surface area contributed by atoms with Crippen molar-refractivity contribution in [1.82, 2.24) is 4.98 Å². The number of pyridine rings is 1. The van der Waals surface area contributed by atoms with Crippen LogP contribution in [0.5, 0.6) is 0 Å². The number of carbonyl (C=O) groups is 1. The van der Waals surface area contributed by atoms with Crippen LogP contribution in [-0.2, 0) is 0 Å². The Labute approximate surface area is 136 Å². The quantitative estimate of drug-likeness (QED) is 0.705. The van der Waals surface area contributed by atoms with Crippen LogP contribution in [0.4, 0.5) is 0 Å². The molecule has 4 heteroatoms. The van der Waals surface area contributed by atoms with Gasteiger partial charge in [0.15, 0.2) is 0 Å². The van der Waals surface area contributed by atoms with Crippen molar-refractivity contribution in [1.29, 1.82) is 0 Å². The molecule has 1 aromatic heterocycles. The molecular formula is C18H13BrNO2-. The zero-order valence-electron chi connectivity index (χ0n) is 12.2. The predicted molar refractivity (Wildman–Crippen MR) is 88.7 cm³/mol. The third-order valence-corrected chi connectivity index (χ3v) is 4.31. The summed E-state index contributed by atoms with van der Waals surface area (Å²) in [7, 11) is 0. The van der Waals surface area contributed by atoms with Gasteiger partial charge in [0.2, 0.25) is 0 Å². The molecule has 0 saturated carbocycles. The molecule has 3 rings (SSSR count). The zero-order valence-corrected chi connectivity index (χ0v) is 13.8. The average molecular weight is 355 g/mol. The SMILES string of the molecule is Cc1cc(C)c2nc(-c3ccccc3Br)cc(C(=O)[O-])c2c1. The first kappa shape index (κ1) is 14.7. The molecule has 1 heterocycles. The van der Waals surface area contributed by atoms with Gasteiger partial charge in [-0.3, -0.25) is 0 Å². The number of carboxylic acids is 1. The van der Waals surface area contributed by atoms with Gasteiger partial charge in [0.1, 0.15) is 0 Å². The fourth-order valence-corrected chi connectivity index (χ4v) is 3.14. The Bertz CT molecular complexity index is 903. The third-order valence-electron chi connectivity index (χ3n) is 3.62. The van der Waals surface area contributed by atoms with Crippen molar-refractivity contribution in [3.05, 3.63) is 63.6 Å². The Morgan fingerprint density at radius 3 is 2.55 bits per heavy atom. The molecule has 0 fully saturated rings. The van der Waals surface area contributed by atoms with Crippen LogP contribution in [-0.4, -0.2) is 11.0 Å². The molecule has 0 radical (unpaired) electrons. The maximum Gasteiger partial charge on any atom is 0.0745 e. The summed E-state index contributed by atoms with van der Waals surface area (Å²) in [6.07, 6.45) is 0. The van der Waals surface area contributed by atoms with E-state index < -0.39 is 5.97 Å². The van der Waals surface area contributed by atoms with Gasteiger partial charge in [0.05, 0.1) is 17.2 Å². The minimum absolute atomic E-state index is 0.169. The number of hydrogen-bond donors (Lipinski definition) is 0. The highest BCUT2D eigenvalue weighted by Gasteiger charge is 2.12. The molecule has 0 aliphatic heterocycles. The summed E-state index contributed by atoms with van der Waals surface area (Å²) in [5.41, 5.74) is 4.29. The fraction of sp³-hybridized carbons (Fsp3) is 0.111. The number of fused-ring (bicyclic) bond motifs is 1. The van der Waals surface area contributed by atoms with Crippen molar-refractivity contribution in [2.75, 3.05) is 0 Å². The van der Waals surface area contributed by atoms with Gasteiger partial charge in [0, 0.05) is 21.0 Å². The molecule has 22 heavy (non-hydrogen) atoms. The van der Waals surface area contributed by atoms with Gasteiger partial charge in [-0.2, -0.15) is 0 Å². The van der Waals surface area contributed by atoms with Crippen LogP contribution < -0.4 is 5.11 Å². The van der Waals surface area contributed by atoms with Crippen molar-refractivity contribution in [3.8, 4) is 11.3 Å². The molecule has 0 N–H and O–H groups in total. The number of hydrogen-bond acceptors (Lipinski definition) is 3. The Morgan fingerprint density at radius 1 is 1.14 bits per heavy atom. The highest BCUT2D eigenvalue weighted by molar-refractivity contribution is 9.10. The molecule has 2 aromatic carbocycles. The van der Waals surface area contributed by atoms with Crippen LogP contribution >= 0.6 is 15.9 Å². The van der Waals surface area contributed by atoms with Crippen molar-refractivity contribution in [3.63, 3.8) is 0 Å². The van der Waals surface area contributed by atoms with Crippen LogP contribution in [0.15, 0.2) is 46.9 Å². The predicted octanol–water partition coefficient (Wildman–Crippen LogP) is 3.64. The molecule has 0 spiro atoms. The van der Waals surface area contributed by atoms with E-state index in [-0.39, 0.29) is 5.56 Å². The minimum atomic E-state index is -1.19. The van der Waals surface area contributed by atoms with E-state index in [1.165, 1.54) is 0 Å². The monoisotopic (exact) mass is 354 g/mol. The molecule has 0 atom stereocenters. The maximum absolute atomic E-state index is 11.6. The molecule has 3 aromatic rings. The van der Waals surface area contributed by atoms with Crippen molar-refractivity contribution in [2.24, 2.45) is 0 Å². The molecule has 3 nitrogen and oxygen atoms in total. The lowest BCUT2D eigenvalue weighted by atomic mass is 10.00. The number of benzene rings is 2. The molecule has 0 aliphatic rings. The number of aromatic nitrogens is 1. The largest absolute Gasteiger partial charge is 0.545 e. The number of carboxylic acid groups (broad SMARTS) is 1. The lowest BCUT2D eigenvalue weighted by Gasteiger charge is -2.13. The van der Waals surface area contributed by atoms with Gasteiger partial charge in [-0.25, -0.2) is 4.98 Å². The number of aromatic carboxylic acids is 1. The fourth-order valence-electron chi connectivity index (χ4n) is 2.66. The van der Waals surface area contributed by atoms with Crippen LogP contribution in [0, 0.1) is 13.8 Å². The first-order valence-corrected chi connectivity index (χ1v) is 7.65. The molecule has 0 unspecified atom stereocenters. The third kappa shape index (κ3) is 2.50. The van der Waals surface area contributed by atoms with Gasteiger partial charge in [-0.05, 0) is 37.6 Å². The van der Waals surface area contributed by atoms with E-state index in [0.29, 0.717) is 16.6 Å². The first-order valence-electron chi connectivity index (χ1n) is 6.85. The smallest absolute Gasteiger partial charge is 0.0745 e. The average Bonchev–Trinajstić information content (AvgIpc) is 2.46. The number of halogens is 1. The molecular weight excluding hydrogens is 342 g/mol. The van der Waals surface area contributed by atoms with E-state index in [9.17, 15) is 9.90 Å². The van der Waals surface area contributed by atoms with Gasteiger partial charge >= 0.3 is 0 Å². The summed E-state index contributed by atoms with van der Waals surface area (Å²) in [6.45, 7) is 3.87. The standard InChI is InChI=1S/C18H14BrNO2/c1-10-7-11(2)17-13(8-10)14(18(21)22)9-16(20-17)12-5-3-4-6-15(12)19/h3-9H,1-2H3,(H,21,22)/p-1. The van der Waals surface area contributed by atoms with Crippen LogP contribution in [0.25, 0.3) is 22.2 Å². The van der Waals surface area contributed by atoms with Crippen molar-refractivity contribution < 1.29 is 9.90 Å². The van der Waals surface area contributed by atoms with E-state index in [2.05, 4.69) is 20.9 Å². The second-order valence-corrected chi connectivity index (χ2v) is 6.15. The molecule has 0 amide bonds. The van der Waals surface area contributed by atoms with E-state index >= 15 is 0 Å². The van der Waals surface area contributed by atoms with Crippen molar-refractivity contribution in [2.45, 2.75) is 13.8 Å². The van der Waals surface area contributed by atoms with Gasteiger partial charge < -0.3 is 9.90 Å². The summed E-state index contributed by atoms with van der Waals surface area (Å²) in [4.78, 5) is 16.2. The summed E-state index contributed by atoms with van der Waals surface area (Å²) in [5, 5.41) is 12.2. The summed E-state index contributed by atoms with van der Waals surface area (Å²) < 4.78 is 0.871. The van der Waals surface area contributed by atoms with Gasteiger partial charge in [0.25, 0.3) is 0 Å². The maximum atomic E-state index is 11.6. The normalized spacial score (nSPS) is 10.9. The molecule has 0 aliphatic carbocycles. The summed E-state index contributed by atoms with van der Waals surface area (Å²) in [6, 6.07) is 13.0. The second kappa shape index (κ2) is 5.54. The van der Waals surface area contributed by atoms with E-state index in [0.717, 1.165) is 21.2 Å². The topological polar surface area (TPSA) is 53.0 Å². The Morgan fingerprint density at radius 2 is 1.86 bits per heavy atom. The van der Waals surface area contributed by atoms with Gasteiger partial charge in [-0.1, -0.05) is 45.8 Å². The molecule has 0 saturated heterocycles. The molecule has 0 bridgehead atoms. The number of carbonyl (C=O) groups excluding carboxylic acids is 1. The van der Waals surface area contributed by atoms with Crippen LogP contribution in [0.3, 0.4) is 0 Å². The van der Waals surface area contributed by atoms with Crippen molar-refractivity contribution >= 4 is 32.8 Å². The second-order valence-electron chi connectivity index (χ2n) is 5.30. The summed E-state index contributed by atoms with van der Waals surface area (Å²) in [5.74, 6) is -1.19. The number of nitrogens with zero attached hydrogens (tertiary/aromatic N) is 1. The lowest BCUT2D eigenvalue weighted by molar-refractivity contribution is -0.254. The Balaban J connectivity index is 2.40. The Hall–Kier alpha value is -2.20.